The second-order valence-corrected chi connectivity index (χ2v) is 7.38. The summed E-state index contributed by atoms with van der Waals surface area (Å²) >= 11 is 0. The van der Waals surface area contributed by atoms with Crippen molar-refractivity contribution in [3.05, 3.63) is 29.6 Å². The van der Waals surface area contributed by atoms with Crippen LogP contribution in [0, 0.1) is 11.7 Å². The zero-order chi connectivity index (χ0) is 19.2. The number of nitrogens with one attached hydrogen (secondary N) is 2. The normalized spacial score (nSPS) is 20.1. The zero-order valence-electron chi connectivity index (χ0n) is 16.3. The average Bonchev–Trinajstić information content (AvgIpc) is 3.34. The second-order valence-electron chi connectivity index (χ2n) is 7.38. The van der Waals surface area contributed by atoms with Crippen LogP contribution in [-0.4, -0.2) is 47.5 Å². The summed E-state index contributed by atoms with van der Waals surface area (Å²) in [6.45, 7) is 4.50. The Morgan fingerprint density at radius 3 is 2.75 bits per heavy atom. The highest BCUT2D eigenvalue weighted by Gasteiger charge is 2.32. The van der Waals surface area contributed by atoms with Gasteiger partial charge in [0.1, 0.15) is 0 Å². The molecule has 1 unspecified atom stereocenters. The zero-order valence-corrected chi connectivity index (χ0v) is 18.6. The molecule has 1 aliphatic heterocycles. The molecule has 0 aromatic heterocycles. The molecular formula is C20H30FIN4O2. The molecule has 3 N–H and O–H groups in total. The number of aliphatic imine (C=N–C) groups is 1. The molecule has 1 amide bonds. The van der Waals surface area contributed by atoms with Crippen molar-refractivity contribution in [2.45, 2.75) is 51.6 Å². The highest BCUT2D eigenvalue weighted by molar-refractivity contribution is 14.0. The Morgan fingerprint density at radius 2 is 2.07 bits per heavy atom. The van der Waals surface area contributed by atoms with E-state index in [9.17, 15) is 14.3 Å². The Balaban J connectivity index is 0.00000280. The third-order valence-electron chi connectivity index (χ3n) is 5.32. The smallest absolute Gasteiger partial charge is 0.225 e. The largest absolute Gasteiger partial charge is 0.505 e. The molecule has 0 spiro atoms. The summed E-state index contributed by atoms with van der Waals surface area (Å²) in [5.74, 6) is 0.183. The van der Waals surface area contributed by atoms with Gasteiger partial charge in [-0.15, -0.1) is 24.0 Å². The molecule has 0 radical (unpaired) electrons. The summed E-state index contributed by atoms with van der Waals surface area (Å²) in [6, 6.07) is 4.46. The highest BCUT2D eigenvalue weighted by Crippen LogP contribution is 2.27. The molecule has 1 saturated carbocycles. The fourth-order valence-corrected chi connectivity index (χ4v) is 3.84. The lowest BCUT2D eigenvalue weighted by atomic mass is 10.1. The van der Waals surface area contributed by atoms with Gasteiger partial charge in [-0.2, -0.15) is 0 Å². The topological polar surface area (TPSA) is 77.0 Å². The monoisotopic (exact) mass is 504 g/mol. The van der Waals surface area contributed by atoms with Crippen LogP contribution in [0.3, 0.4) is 0 Å². The Bertz CT molecular complexity index is 695. The van der Waals surface area contributed by atoms with E-state index in [2.05, 4.69) is 15.6 Å². The number of likely N-dealkylation sites (tertiary alicyclic amines) is 1. The third-order valence-corrected chi connectivity index (χ3v) is 5.32. The standard InChI is InChI=1S/C20H29FN4O2.HI/c1-2-22-20(23-12-14-7-8-18(26)17(21)11-14)24-16-9-10-25(13-16)19(27)15-5-3-4-6-15;/h7-8,11,15-16,26H,2-6,9-10,12-13H2,1H3,(H2,22,23,24);1H. The molecule has 3 rings (SSSR count). The van der Waals surface area contributed by atoms with Crippen LogP contribution >= 0.6 is 24.0 Å². The first-order valence-electron chi connectivity index (χ1n) is 9.88. The summed E-state index contributed by atoms with van der Waals surface area (Å²) < 4.78 is 13.5. The Morgan fingerprint density at radius 1 is 1.32 bits per heavy atom. The first kappa shape index (κ1) is 22.7. The summed E-state index contributed by atoms with van der Waals surface area (Å²) in [4.78, 5) is 19.1. The minimum absolute atomic E-state index is 0. The van der Waals surface area contributed by atoms with Crippen molar-refractivity contribution >= 4 is 35.8 Å². The van der Waals surface area contributed by atoms with E-state index in [0.29, 0.717) is 37.1 Å². The summed E-state index contributed by atoms with van der Waals surface area (Å²) in [5, 5.41) is 15.9. The maximum absolute atomic E-state index is 13.5. The predicted octanol–water partition coefficient (Wildman–Crippen LogP) is 3.00. The van der Waals surface area contributed by atoms with Crippen molar-refractivity contribution < 1.29 is 14.3 Å². The molecule has 2 aliphatic rings. The van der Waals surface area contributed by atoms with Crippen LogP contribution in [0.5, 0.6) is 5.75 Å². The number of guanidine groups is 1. The Labute approximate surface area is 183 Å². The van der Waals surface area contributed by atoms with Gasteiger partial charge in [-0.05, 0) is 43.9 Å². The van der Waals surface area contributed by atoms with Crippen LogP contribution in [0.4, 0.5) is 4.39 Å². The maximum Gasteiger partial charge on any atom is 0.225 e. The van der Waals surface area contributed by atoms with Crippen LogP contribution in [0.2, 0.25) is 0 Å². The predicted molar refractivity (Wildman–Crippen MR) is 118 cm³/mol. The maximum atomic E-state index is 13.5. The molecule has 1 atom stereocenters. The van der Waals surface area contributed by atoms with Gasteiger partial charge in [0.25, 0.3) is 0 Å². The molecular weight excluding hydrogens is 474 g/mol. The van der Waals surface area contributed by atoms with Crippen LogP contribution < -0.4 is 10.6 Å². The molecule has 1 aliphatic carbocycles. The summed E-state index contributed by atoms with van der Waals surface area (Å²) in [5.41, 5.74) is 0.687. The lowest BCUT2D eigenvalue weighted by Gasteiger charge is -2.21. The molecule has 1 saturated heterocycles. The van der Waals surface area contributed by atoms with E-state index < -0.39 is 5.82 Å². The van der Waals surface area contributed by atoms with Gasteiger partial charge in [0, 0.05) is 31.6 Å². The van der Waals surface area contributed by atoms with E-state index in [1.54, 1.807) is 6.07 Å². The minimum Gasteiger partial charge on any atom is -0.505 e. The summed E-state index contributed by atoms with van der Waals surface area (Å²) in [6.07, 6.45) is 5.29. The number of phenols is 1. The van der Waals surface area contributed by atoms with Crippen LogP contribution in [0.15, 0.2) is 23.2 Å². The summed E-state index contributed by atoms with van der Waals surface area (Å²) in [7, 11) is 0. The SMILES string of the molecule is CCNC(=NCc1ccc(O)c(F)c1)NC1CCN(C(=O)C2CCCC2)C1.I. The van der Waals surface area contributed by atoms with E-state index in [0.717, 1.165) is 25.8 Å². The van der Waals surface area contributed by atoms with Crippen molar-refractivity contribution in [1.82, 2.24) is 15.5 Å². The molecule has 28 heavy (non-hydrogen) atoms. The number of hydrogen-bond acceptors (Lipinski definition) is 3. The molecule has 6 nitrogen and oxygen atoms in total. The Kier molecular flexibility index (Phi) is 8.78. The van der Waals surface area contributed by atoms with Crippen molar-refractivity contribution in [3.63, 3.8) is 0 Å². The number of halogens is 2. The molecule has 1 aromatic carbocycles. The van der Waals surface area contributed by atoms with Crippen molar-refractivity contribution in [1.29, 1.82) is 0 Å². The fourth-order valence-electron chi connectivity index (χ4n) is 3.84. The average molecular weight is 504 g/mol. The van der Waals surface area contributed by atoms with Crippen LogP contribution in [0.25, 0.3) is 0 Å². The van der Waals surface area contributed by atoms with E-state index >= 15 is 0 Å². The van der Waals surface area contributed by atoms with Gasteiger partial charge in [-0.3, -0.25) is 4.79 Å². The molecule has 1 heterocycles. The Hall–Kier alpha value is -1.58. The van der Waals surface area contributed by atoms with E-state index in [1.807, 2.05) is 11.8 Å². The minimum atomic E-state index is -0.641. The first-order chi connectivity index (χ1) is 13.1. The molecule has 1 aromatic rings. The van der Waals surface area contributed by atoms with Gasteiger partial charge >= 0.3 is 0 Å². The van der Waals surface area contributed by atoms with Crippen LogP contribution in [-0.2, 0) is 11.3 Å². The fraction of sp³-hybridized carbons (Fsp3) is 0.600. The van der Waals surface area contributed by atoms with E-state index in [1.165, 1.54) is 25.0 Å². The molecule has 0 bridgehead atoms. The van der Waals surface area contributed by atoms with E-state index in [4.69, 9.17) is 0 Å². The number of hydrogen-bond donors (Lipinski definition) is 3. The van der Waals surface area contributed by atoms with Gasteiger partial charge in [-0.1, -0.05) is 18.9 Å². The van der Waals surface area contributed by atoms with Crippen molar-refractivity contribution in [2.75, 3.05) is 19.6 Å². The van der Waals surface area contributed by atoms with E-state index in [-0.39, 0.29) is 41.7 Å². The van der Waals surface area contributed by atoms with Gasteiger partial charge < -0.3 is 20.6 Å². The highest BCUT2D eigenvalue weighted by atomic mass is 127. The number of carbonyl (C=O) groups is 1. The molecule has 2 fully saturated rings. The molecule has 156 valence electrons. The van der Waals surface area contributed by atoms with Gasteiger partial charge in [0.2, 0.25) is 5.91 Å². The third kappa shape index (κ3) is 5.96. The van der Waals surface area contributed by atoms with Gasteiger partial charge in [0.05, 0.1) is 6.54 Å². The number of rotatable bonds is 5. The number of carbonyl (C=O) groups excluding carboxylic acids is 1. The van der Waals surface area contributed by atoms with Crippen molar-refractivity contribution in [3.8, 4) is 5.75 Å². The first-order valence-corrected chi connectivity index (χ1v) is 9.88. The number of benzene rings is 1. The quantitative estimate of drug-likeness (QED) is 0.328. The number of nitrogens with zero attached hydrogens (tertiary/aromatic N) is 2. The van der Waals surface area contributed by atoms with Gasteiger partial charge in [-0.25, -0.2) is 9.38 Å². The number of phenolic OH excluding ortho intramolecular Hbond substituents is 1. The van der Waals surface area contributed by atoms with Crippen LogP contribution in [0.1, 0.15) is 44.6 Å². The van der Waals surface area contributed by atoms with Gasteiger partial charge in [0.15, 0.2) is 17.5 Å². The second kappa shape index (κ2) is 10.8. The lowest BCUT2D eigenvalue weighted by molar-refractivity contribution is -0.134. The van der Waals surface area contributed by atoms with Crippen molar-refractivity contribution in [2.24, 2.45) is 10.9 Å². The number of amides is 1. The lowest BCUT2D eigenvalue weighted by Crippen LogP contribution is -2.45. The molecule has 8 heteroatoms. The number of aromatic hydroxyl groups is 1.